The number of fused-ring (bicyclic) bond motifs is 10. The fourth-order valence-electron chi connectivity index (χ4n) is 6.68. The summed E-state index contributed by atoms with van der Waals surface area (Å²) < 4.78 is 8.33. The van der Waals surface area contributed by atoms with E-state index in [1.54, 1.807) is 0 Å². The number of carbonyl (C=O) groups is 2. The number of nitrogens with one attached hydrogen (secondary N) is 1. The minimum absolute atomic E-state index is 0.00191. The monoisotopic (exact) mass is 509 g/mol. The van der Waals surface area contributed by atoms with Gasteiger partial charge in [-0.2, -0.15) is 0 Å². The highest BCUT2D eigenvalue weighted by molar-refractivity contribution is 6.20. The Bertz CT molecular complexity index is 1620. The second-order valence-electron chi connectivity index (χ2n) is 10.6. The van der Waals surface area contributed by atoms with E-state index in [-0.39, 0.29) is 18.4 Å². The molecule has 2 aliphatic heterocycles. The van der Waals surface area contributed by atoms with Crippen molar-refractivity contribution < 1.29 is 19.4 Å². The standard InChI is InChI=1S/C31H31N3O4/c35-13-4-11-34-25-9-8-19(18-38-14-12-33-10-3-7-26(33)36)15-22(25)28-24-17-32-31(37)29(24)27-21-6-2-1-5-20(21)16-23(27)30(28)34/h1-2,5-6,8-9,15,35H,3-4,7,10-14,16-18H2,(H,32,37). The van der Waals surface area contributed by atoms with Gasteiger partial charge in [-0.15, -0.1) is 0 Å². The van der Waals surface area contributed by atoms with Crippen LogP contribution in [0.2, 0.25) is 0 Å². The molecule has 1 saturated heterocycles. The molecule has 2 amide bonds. The van der Waals surface area contributed by atoms with Crippen molar-refractivity contribution in [2.24, 2.45) is 0 Å². The quantitative estimate of drug-likeness (QED) is 0.308. The molecule has 1 aliphatic carbocycles. The number of hydrogen-bond acceptors (Lipinski definition) is 4. The maximum Gasteiger partial charge on any atom is 0.252 e. The Kier molecular flexibility index (Phi) is 5.71. The second-order valence-corrected chi connectivity index (χ2v) is 10.6. The predicted octanol–water partition coefficient (Wildman–Crippen LogP) is 4.13. The molecule has 1 fully saturated rings. The normalized spacial score (nSPS) is 16.0. The molecule has 0 radical (unpaired) electrons. The fraction of sp³-hybridized carbons (Fsp3) is 0.355. The number of hydrogen-bond donors (Lipinski definition) is 2. The summed E-state index contributed by atoms with van der Waals surface area (Å²) in [5.41, 5.74) is 9.94. The number of benzene rings is 3. The third-order valence-electron chi connectivity index (χ3n) is 8.36. The summed E-state index contributed by atoms with van der Waals surface area (Å²) in [6, 6.07) is 14.9. The first-order valence-electron chi connectivity index (χ1n) is 13.6. The summed E-state index contributed by atoms with van der Waals surface area (Å²) in [6.07, 6.45) is 3.04. The number of carbonyl (C=O) groups excluding carboxylic acids is 2. The predicted molar refractivity (Wildman–Crippen MR) is 146 cm³/mol. The van der Waals surface area contributed by atoms with Crippen molar-refractivity contribution in [3.63, 3.8) is 0 Å². The topological polar surface area (TPSA) is 83.8 Å². The molecular formula is C31H31N3O4. The van der Waals surface area contributed by atoms with Gasteiger partial charge < -0.3 is 24.6 Å². The fourth-order valence-corrected chi connectivity index (χ4v) is 6.68. The number of likely N-dealkylation sites (tertiary alicyclic amines) is 1. The molecule has 1 aromatic heterocycles. The zero-order valence-electron chi connectivity index (χ0n) is 21.4. The Labute approximate surface area is 221 Å². The largest absolute Gasteiger partial charge is 0.396 e. The molecule has 7 rings (SSSR count). The molecule has 0 bridgehead atoms. The third kappa shape index (κ3) is 3.56. The smallest absolute Gasteiger partial charge is 0.252 e. The second kappa shape index (κ2) is 9.26. The maximum atomic E-state index is 13.2. The van der Waals surface area contributed by atoms with Crippen molar-refractivity contribution in [3.05, 3.63) is 70.3 Å². The van der Waals surface area contributed by atoms with Crippen LogP contribution in [0.15, 0.2) is 42.5 Å². The molecule has 38 heavy (non-hydrogen) atoms. The van der Waals surface area contributed by atoms with Crippen LogP contribution in [0, 0.1) is 0 Å². The van der Waals surface area contributed by atoms with E-state index in [0.717, 1.165) is 63.5 Å². The molecule has 0 spiro atoms. The van der Waals surface area contributed by atoms with E-state index < -0.39 is 0 Å². The molecule has 0 saturated carbocycles. The molecule has 194 valence electrons. The Balaban J connectivity index is 1.34. The summed E-state index contributed by atoms with van der Waals surface area (Å²) in [4.78, 5) is 26.9. The van der Waals surface area contributed by atoms with Crippen LogP contribution in [-0.2, 0) is 35.6 Å². The maximum absolute atomic E-state index is 13.2. The van der Waals surface area contributed by atoms with E-state index >= 15 is 0 Å². The highest BCUT2D eigenvalue weighted by atomic mass is 16.5. The number of aromatic nitrogens is 1. The lowest BCUT2D eigenvalue weighted by Gasteiger charge is -2.15. The molecular weight excluding hydrogens is 478 g/mol. The van der Waals surface area contributed by atoms with Gasteiger partial charge in [-0.3, -0.25) is 9.59 Å². The Morgan fingerprint density at radius 1 is 1.03 bits per heavy atom. The van der Waals surface area contributed by atoms with Gasteiger partial charge in [0.2, 0.25) is 5.91 Å². The van der Waals surface area contributed by atoms with Crippen molar-refractivity contribution in [2.45, 2.75) is 45.4 Å². The summed E-state index contributed by atoms with van der Waals surface area (Å²) in [6.45, 7) is 3.80. The minimum atomic E-state index is 0.00191. The van der Waals surface area contributed by atoms with Gasteiger partial charge in [0, 0.05) is 67.5 Å². The summed E-state index contributed by atoms with van der Waals surface area (Å²) in [5, 5.41) is 15.0. The van der Waals surface area contributed by atoms with Crippen molar-refractivity contribution in [2.75, 3.05) is 26.3 Å². The van der Waals surface area contributed by atoms with E-state index in [1.165, 1.54) is 16.6 Å². The van der Waals surface area contributed by atoms with Crippen molar-refractivity contribution in [1.29, 1.82) is 0 Å². The SMILES string of the molecule is O=C1NCc2c1c1c(c3c2c2cc(COCCN4CCCC4=O)ccc2n3CCCO)Cc2ccccc2-1. The molecule has 0 unspecified atom stereocenters. The molecule has 3 aromatic carbocycles. The Morgan fingerprint density at radius 2 is 1.92 bits per heavy atom. The molecule has 7 nitrogen and oxygen atoms in total. The van der Waals surface area contributed by atoms with Crippen LogP contribution in [-0.4, -0.2) is 52.7 Å². The molecule has 3 heterocycles. The van der Waals surface area contributed by atoms with Crippen LogP contribution in [0.5, 0.6) is 0 Å². The van der Waals surface area contributed by atoms with Crippen LogP contribution in [0.3, 0.4) is 0 Å². The van der Waals surface area contributed by atoms with E-state index in [9.17, 15) is 14.7 Å². The van der Waals surface area contributed by atoms with Gasteiger partial charge in [-0.05, 0) is 52.8 Å². The minimum Gasteiger partial charge on any atom is -0.396 e. The molecule has 0 atom stereocenters. The lowest BCUT2D eigenvalue weighted by molar-refractivity contribution is -0.128. The third-order valence-corrected chi connectivity index (χ3v) is 8.36. The van der Waals surface area contributed by atoms with Gasteiger partial charge in [0.1, 0.15) is 0 Å². The zero-order chi connectivity index (χ0) is 25.8. The number of aliphatic hydroxyl groups is 1. The number of nitrogens with zero attached hydrogens (tertiary/aromatic N) is 2. The van der Waals surface area contributed by atoms with Crippen molar-refractivity contribution in [3.8, 4) is 11.1 Å². The van der Waals surface area contributed by atoms with Crippen LogP contribution in [0.1, 0.15) is 51.9 Å². The van der Waals surface area contributed by atoms with Crippen LogP contribution >= 0.6 is 0 Å². The zero-order valence-corrected chi connectivity index (χ0v) is 21.4. The van der Waals surface area contributed by atoms with Crippen molar-refractivity contribution in [1.82, 2.24) is 14.8 Å². The Morgan fingerprint density at radius 3 is 2.76 bits per heavy atom. The number of ether oxygens (including phenoxy) is 1. The van der Waals surface area contributed by atoms with Gasteiger partial charge in [-0.25, -0.2) is 0 Å². The van der Waals surface area contributed by atoms with Gasteiger partial charge in [0.15, 0.2) is 0 Å². The van der Waals surface area contributed by atoms with E-state index in [1.807, 2.05) is 11.0 Å². The first kappa shape index (κ1) is 23.4. The van der Waals surface area contributed by atoms with E-state index in [0.29, 0.717) is 45.7 Å². The Hall–Kier alpha value is -3.68. The van der Waals surface area contributed by atoms with Gasteiger partial charge in [0.05, 0.1) is 24.3 Å². The van der Waals surface area contributed by atoms with Crippen molar-refractivity contribution >= 4 is 33.6 Å². The molecule has 7 heteroatoms. The number of aryl methyl sites for hydroxylation is 1. The van der Waals surface area contributed by atoms with E-state index in [4.69, 9.17) is 4.74 Å². The van der Waals surface area contributed by atoms with Crippen LogP contribution in [0.4, 0.5) is 0 Å². The average molecular weight is 510 g/mol. The highest BCUT2D eigenvalue weighted by Gasteiger charge is 2.35. The lowest BCUT2D eigenvalue weighted by atomic mass is 9.92. The first-order valence-corrected chi connectivity index (χ1v) is 13.6. The number of aliphatic hydroxyl groups excluding tert-OH is 1. The summed E-state index contributed by atoms with van der Waals surface area (Å²) >= 11 is 0. The lowest BCUT2D eigenvalue weighted by Crippen LogP contribution is -2.28. The highest BCUT2D eigenvalue weighted by Crippen LogP contribution is 2.48. The molecule has 3 aliphatic rings. The van der Waals surface area contributed by atoms with Crippen LogP contribution < -0.4 is 5.32 Å². The number of amides is 2. The summed E-state index contributed by atoms with van der Waals surface area (Å²) in [5.74, 6) is 0.222. The first-order chi connectivity index (χ1) is 18.7. The average Bonchev–Trinajstić information content (AvgIpc) is 3.69. The van der Waals surface area contributed by atoms with Gasteiger partial charge in [-0.1, -0.05) is 30.3 Å². The van der Waals surface area contributed by atoms with Gasteiger partial charge >= 0.3 is 0 Å². The van der Waals surface area contributed by atoms with Gasteiger partial charge in [0.25, 0.3) is 5.91 Å². The van der Waals surface area contributed by atoms with E-state index in [2.05, 4.69) is 46.3 Å². The molecule has 2 N–H and O–H groups in total. The summed E-state index contributed by atoms with van der Waals surface area (Å²) in [7, 11) is 0. The molecule has 4 aromatic rings. The number of rotatable bonds is 8. The van der Waals surface area contributed by atoms with Crippen LogP contribution in [0.25, 0.3) is 32.9 Å².